The molecule has 0 aliphatic carbocycles. The van der Waals surface area contributed by atoms with E-state index in [2.05, 4.69) is 50.4 Å². The number of rotatable bonds is 7. The highest BCUT2D eigenvalue weighted by Gasteiger charge is 2.02. The summed E-state index contributed by atoms with van der Waals surface area (Å²) in [4.78, 5) is 0. The number of hydrogen-bond donors (Lipinski definition) is 1. The van der Waals surface area contributed by atoms with Crippen molar-refractivity contribution in [2.75, 3.05) is 13.2 Å². The highest BCUT2D eigenvalue weighted by molar-refractivity contribution is 5.14. The molecule has 90 valence electrons. The number of benzene rings is 1. The van der Waals surface area contributed by atoms with Crippen LogP contribution in [0.5, 0.6) is 0 Å². The molecule has 0 radical (unpaired) electrons. The zero-order valence-electron chi connectivity index (χ0n) is 10.6. The molecule has 0 spiro atoms. The van der Waals surface area contributed by atoms with Crippen molar-refractivity contribution in [2.45, 2.75) is 39.3 Å². The Morgan fingerprint density at radius 3 is 2.44 bits per heavy atom. The van der Waals surface area contributed by atoms with Crippen molar-refractivity contribution in [1.82, 2.24) is 5.32 Å². The normalized spacial score (nSPS) is 13.0. The van der Waals surface area contributed by atoms with Gasteiger partial charge in [-0.05, 0) is 18.9 Å². The fraction of sp³-hybridized carbons (Fsp3) is 0.571. The van der Waals surface area contributed by atoms with Crippen LogP contribution >= 0.6 is 0 Å². The smallest absolute Gasteiger partial charge is 0.0671 e. The molecule has 0 heterocycles. The predicted octanol–water partition coefficient (Wildman–Crippen LogP) is 2.63. The van der Waals surface area contributed by atoms with E-state index in [9.17, 15) is 0 Å². The molecule has 0 aromatic heterocycles. The number of nitrogens with one attached hydrogen (secondary N) is 1. The minimum atomic E-state index is 0.283. The lowest BCUT2D eigenvalue weighted by Gasteiger charge is -2.15. The van der Waals surface area contributed by atoms with E-state index in [1.165, 1.54) is 5.56 Å². The Morgan fingerprint density at radius 1 is 1.12 bits per heavy atom. The molecule has 0 fully saturated rings. The average Bonchev–Trinajstić information content (AvgIpc) is 2.28. The number of ether oxygens (including phenoxy) is 1. The van der Waals surface area contributed by atoms with Crippen LogP contribution in [0.1, 0.15) is 26.3 Å². The van der Waals surface area contributed by atoms with Crippen molar-refractivity contribution in [3.8, 4) is 0 Å². The first kappa shape index (κ1) is 13.2. The lowest BCUT2D eigenvalue weighted by molar-refractivity contribution is 0.0669. The van der Waals surface area contributed by atoms with Crippen molar-refractivity contribution in [2.24, 2.45) is 0 Å². The van der Waals surface area contributed by atoms with E-state index < -0.39 is 0 Å². The Labute approximate surface area is 99.0 Å². The SMILES string of the molecule is CC(C)NCC(C)OCCc1ccccc1. The Morgan fingerprint density at radius 2 is 1.81 bits per heavy atom. The number of hydrogen-bond acceptors (Lipinski definition) is 2. The third-order valence-corrected chi connectivity index (χ3v) is 2.45. The highest BCUT2D eigenvalue weighted by atomic mass is 16.5. The molecule has 1 aromatic rings. The van der Waals surface area contributed by atoms with E-state index in [0.29, 0.717) is 6.04 Å². The average molecular weight is 221 g/mol. The third kappa shape index (κ3) is 5.89. The van der Waals surface area contributed by atoms with E-state index in [0.717, 1.165) is 19.6 Å². The standard InChI is InChI=1S/C14H23NO/c1-12(2)15-11-13(3)16-10-9-14-7-5-4-6-8-14/h4-8,12-13,15H,9-11H2,1-3H3. The summed E-state index contributed by atoms with van der Waals surface area (Å²) in [6.45, 7) is 8.13. The maximum absolute atomic E-state index is 5.73. The van der Waals surface area contributed by atoms with Gasteiger partial charge in [-0.25, -0.2) is 0 Å². The van der Waals surface area contributed by atoms with Gasteiger partial charge >= 0.3 is 0 Å². The molecule has 1 rings (SSSR count). The Balaban J connectivity index is 2.11. The fourth-order valence-corrected chi connectivity index (χ4v) is 1.48. The van der Waals surface area contributed by atoms with Gasteiger partial charge in [-0.2, -0.15) is 0 Å². The molecule has 0 saturated carbocycles. The Kier molecular flexibility index (Phi) is 6.12. The van der Waals surface area contributed by atoms with Gasteiger partial charge in [0.05, 0.1) is 12.7 Å². The molecule has 2 nitrogen and oxygen atoms in total. The summed E-state index contributed by atoms with van der Waals surface area (Å²) in [5.41, 5.74) is 1.34. The third-order valence-electron chi connectivity index (χ3n) is 2.45. The molecular weight excluding hydrogens is 198 g/mol. The second kappa shape index (κ2) is 7.42. The monoisotopic (exact) mass is 221 g/mol. The molecule has 16 heavy (non-hydrogen) atoms. The zero-order chi connectivity index (χ0) is 11.8. The van der Waals surface area contributed by atoms with Crippen molar-refractivity contribution in [3.05, 3.63) is 35.9 Å². The summed E-state index contributed by atoms with van der Waals surface area (Å²) in [7, 11) is 0. The first-order valence-corrected chi connectivity index (χ1v) is 6.07. The van der Waals surface area contributed by atoms with Crippen LogP contribution in [-0.2, 0) is 11.2 Å². The fourth-order valence-electron chi connectivity index (χ4n) is 1.48. The molecule has 0 amide bonds. The molecule has 0 aliphatic heterocycles. The maximum Gasteiger partial charge on any atom is 0.0671 e. The lowest BCUT2D eigenvalue weighted by Crippen LogP contribution is -2.32. The first-order chi connectivity index (χ1) is 7.68. The van der Waals surface area contributed by atoms with Gasteiger partial charge < -0.3 is 10.1 Å². The van der Waals surface area contributed by atoms with Crippen LogP contribution in [0.15, 0.2) is 30.3 Å². The van der Waals surface area contributed by atoms with Gasteiger partial charge in [0, 0.05) is 12.6 Å². The van der Waals surface area contributed by atoms with Crippen LogP contribution in [0.3, 0.4) is 0 Å². The topological polar surface area (TPSA) is 21.3 Å². The summed E-state index contributed by atoms with van der Waals surface area (Å²) in [5, 5.41) is 3.37. The highest BCUT2D eigenvalue weighted by Crippen LogP contribution is 2.00. The van der Waals surface area contributed by atoms with Gasteiger partial charge in [0.2, 0.25) is 0 Å². The van der Waals surface area contributed by atoms with Crippen LogP contribution in [0.4, 0.5) is 0 Å². The summed E-state index contributed by atoms with van der Waals surface area (Å²) in [6.07, 6.45) is 1.28. The molecule has 0 aliphatic rings. The Hall–Kier alpha value is -0.860. The second-order valence-corrected chi connectivity index (χ2v) is 4.48. The lowest BCUT2D eigenvalue weighted by atomic mass is 10.2. The Bertz CT molecular complexity index is 271. The van der Waals surface area contributed by atoms with Crippen molar-refractivity contribution < 1.29 is 4.74 Å². The zero-order valence-corrected chi connectivity index (χ0v) is 10.6. The second-order valence-electron chi connectivity index (χ2n) is 4.48. The molecule has 1 atom stereocenters. The molecule has 1 aromatic carbocycles. The van der Waals surface area contributed by atoms with Crippen molar-refractivity contribution >= 4 is 0 Å². The van der Waals surface area contributed by atoms with Gasteiger partial charge in [-0.15, -0.1) is 0 Å². The molecular formula is C14H23NO. The van der Waals surface area contributed by atoms with Gasteiger partial charge in [0.15, 0.2) is 0 Å². The van der Waals surface area contributed by atoms with Gasteiger partial charge in [0.25, 0.3) is 0 Å². The molecule has 1 unspecified atom stereocenters. The molecule has 2 heteroatoms. The van der Waals surface area contributed by atoms with Crippen LogP contribution in [-0.4, -0.2) is 25.3 Å². The van der Waals surface area contributed by atoms with Gasteiger partial charge in [0.1, 0.15) is 0 Å². The van der Waals surface area contributed by atoms with Gasteiger partial charge in [-0.1, -0.05) is 44.2 Å². The van der Waals surface area contributed by atoms with Crippen molar-refractivity contribution in [1.29, 1.82) is 0 Å². The van der Waals surface area contributed by atoms with Crippen LogP contribution < -0.4 is 5.32 Å². The summed E-state index contributed by atoms with van der Waals surface area (Å²) >= 11 is 0. The maximum atomic E-state index is 5.73. The minimum Gasteiger partial charge on any atom is -0.377 e. The van der Waals surface area contributed by atoms with Crippen LogP contribution in [0.25, 0.3) is 0 Å². The van der Waals surface area contributed by atoms with Crippen molar-refractivity contribution in [3.63, 3.8) is 0 Å². The molecule has 1 N–H and O–H groups in total. The quantitative estimate of drug-likeness (QED) is 0.764. The minimum absolute atomic E-state index is 0.283. The summed E-state index contributed by atoms with van der Waals surface area (Å²) < 4.78 is 5.73. The summed E-state index contributed by atoms with van der Waals surface area (Å²) in [6, 6.07) is 11.0. The van der Waals surface area contributed by atoms with E-state index in [1.807, 2.05) is 6.07 Å². The predicted molar refractivity (Wildman–Crippen MR) is 68.7 cm³/mol. The van der Waals surface area contributed by atoms with Crippen LogP contribution in [0, 0.1) is 0 Å². The van der Waals surface area contributed by atoms with Crippen LogP contribution in [0.2, 0.25) is 0 Å². The summed E-state index contributed by atoms with van der Waals surface area (Å²) in [5.74, 6) is 0. The van der Waals surface area contributed by atoms with Gasteiger partial charge in [-0.3, -0.25) is 0 Å². The van der Waals surface area contributed by atoms with E-state index >= 15 is 0 Å². The molecule has 0 saturated heterocycles. The van der Waals surface area contributed by atoms with E-state index in [-0.39, 0.29) is 6.10 Å². The first-order valence-electron chi connectivity index (χ1n) is 6.07. The largest absolute Gasteiger partial charge is 0.377 e. The van der Waals surface area contributed by atoms with E-state index in [4.69, 9.17) is 4.74 Å². The van der Waals surface area contributed by atoms with E-state index in [1.54, 1.807) is 0 Å². The molecule has 0 bridgehead atoms.